The number of halogens is 2. The van der Waals surface area contributed by atoms with E-state index in [1.54, 1.807) is 6.92 Å². The number of hydrogen-bond acceptors (Lipinski definition) is 2. The summed E-state index contributed by atoms with van der Waals surface area (Å²) < 4.78 is 26.6. The molecule has 0 aromatic heterocycles. The van der Waals surface area contributed by atoms with E-state index in [-0.39, 0.29) is 5.82 Å². The summed E-state index contributed by atoms with van der Waals surface area (Å²) in [7, 11) is 1.50. The molecule has 0 fully saturated rings. The van der Waals surface area contributed by atoms with Crippen LogP contribution < -0.4 is 5.73 Å². The summed E-state index contributed by atoms with van der Waals surface area (Å²) in [6, 6.07) is 2.08. The highest BCUT2D eigenvalue weighted by molar-refractivity contribution is 7.80. The van der Waals surface area contributed by atoms with Crippen molar-refractivity contribution in [2.45, 2.75) is 231 Å². The second kappa shape index (κ2) is 58.6. The Labute approximate surface area is 334 Å². The molecule has 0 bridgehead atoms. The van der Waals surface area contributed by atoms with Crippen LogP contribution in [0, 0.1) is 42.8 Å². The number of alkyl halides is 1. The molecule has 1 atom stereocenters. The van der Waals surface area contributed by atoms with E-state index in [1.165, 1.54) is 76.0 Å². The Morgan fingerprint density at radius 3 is 1.81 bits per heavy atom. The predicted molar refractivity (Wildman–Crippen MR) is 243 cm³/mol. The Morgan fingerprint density at radius 2 is 1.38 bits per heavy atom. The third-order valence-corrected chi connectivity index (χ3v) is 7.27. The number of fused-ring (bicyclic) bond motifs is 1. The minimum atomic E-state index is -0.612. The van der Waals surface area contributed by atoms with Crippen LogP contribution in [0.5, 0.6) is 0 Å². The molecule has 0 radical (unpaired) electrons. The lowest BCUT2D eigenvalue weighted by molar-refractivity contribution is 0.298. The van der Waals surface area contributed by atoms with Crippen molar-refractivity contribution in [1.82, 2.24) is 0 Å². The van der Waals surface area contributed by atoms with Gasteiger partial charge >= 0.3 is 0 Å². The van der Waals surface area contributed by atoms with E-state index < -0.39 is 6.17 Å². The molecule has 310 valence electrons. The van der Waals surface area contributed by atoms with Crippen molar-refractivity contribution in [3.05, 3.63) is 40.2 Å². The molecular weight excluding hydrogens is 661 g/mol. The Balaban J connectivity index is -0.000000104. The average Bonchev–Trinajstić information content (AvgIpc) is 3.14. The van der Waals surface area contributed by atoms with Crippen LogP contribution in [0.15, 0.2) is 22.6 Å². The first-order valence-electron chi connectivity index (χ1n) is 21.1. The number of allylic oxidation sites excluding steroid dienone is 2. The average molecular weight is 754 g/mol. The lowest BCUT2D eigenvalue weighted by Gasteiger charge is -2.18. The molecule has 1 unspecified atom stereocenters. The second-order valence-corrected chi connectivity index (χ2v) is 13.1. The van der Waals surface area contributed by atoms with Gasteiger partial charge in [-0.25, -0.2) is 8.78 Å². The summed E-state index contributed by atoms with van der Waals surface area (Å²) in [5, 5.41) is 0. The first kappa shape index (κ1) is 65.2. The highest BCUT2D eigenvalue weighted by atomic mass is 32.1. The van der Waals surface area contributed by atoms with Crippen molar-refractivity contribution in [3.63, 3.8) is 0 Å². The van der Waals surface area contributed by atoms with Gasteiger partial charge in [0.1, 0.15) is 5.82 Å². The zero-order valence-electron chi connectivity index (χ0n) is 38.2. The number of rotatable bonds is 11. The number of benzene rings is 1. The summed E-state index contributed by atoms with van der Waals surface area (Å²) in [5.74, 6) is 9.32. The largest absolute Gasteiger partial charge is 0.333 e. The monoisotopic (exact) mass is 754 g/mol. The van der Waals surface area contributed by atoms with Gasteiger partial charge in [-0.1, -0.05) is 152 Å². The minimum Gasteiger partial charge on any atom is -0.333 e. The molecule has 52 heavy (non-hydrogen) atoms. The van der Waals surface area contributed by atoms with Crippen LogP contribution in [0.3, 0.4) is 0 Å². The topological polar surface area (TPSA) is 26.0 Å². The van der Waals surface area contributed by atoms with E-state index >= 15 is 0 Å². The first-order chi connectivity index (χ1) is 24.9. The summed E-state index contributed by atoms with van der Waals surface area (Å²) in [6.45, 7) is 33.1. The van der Waals surface area contributed by atoms with E-state index in [0.29, 0.717) is 17.7 Å². The third-order valence-electron chi connectivity index (χ3n) is 6.72. The molecule has 2 N–H and O–H groups in total. The standard InChI is InChI=1S/C17H29F.C11H13FS.C6H14.2C3H8.C3H4.2C2H6.CH5N/c1-4-6-10-13-16(3)14-11-8-7-9-12-15-17(18)5-2;1-7-6-8-4-2-3-5-9(8)10(12)11(7)13;1-4-5-6(2)3;3*1-3-2;3*1-2/h14,17H,4-7,9-10,12-13,15H2,1-3H3;6,13H,2-5H2,1H3;6H,4-5H2,1-3H3;2*3H2,1-2H3;1H,2H3;2*1-2H3;2H2,1H3/b16-14+;;;;;;;;. The lowest BCUT2D eigenvalue weighted by Crippen LogP contribution is -2.06. The molecule has 0 aliphatic heterocycles. The van der Waals surface area contributed by atoms with E-state index in [2.05, 4.69) is 111 Å². The molecule has 1 aliphatic carbocycles. The Kier molecular flexibility index (Phi) is 73.4. The maximum Gasteiger partial charge on any atom is 0.140 e. The molecule has 0 saturated carbocycles. The van der Waals surface area contributed by atoms with Crippen LogP contribution in [-0.2, 0) is 12.8 Å². The lowest BCUT2D eigenvalue weighted by atomic mass is 9.90. The van der Waals surface area contributed by atoms with Crippen LogP contribution in [0.1, 0.15) is 217 Å². The van der Waals surface area contributed by atoms with Gasteiger partial charge in [-0.3, -0.25) is 0 Å². The Morgan fingerprint density at radius 1 is 0.885 bits per heavy atom. The van der Waals surface area contributed by atoms with Crippen LogP contribution in [-0.4, -0.2) is 13.2 Å². The molecule has 1 aromatic carbocycles. The molecule has 0 saturated heterocycles. The Hall–Kier alpha value is -1.75. The van der Waals surface area contributed by atoms with Gasteiger partial charge in [0.05, 0.1) is 6.17 Å². The van der Waals surface area contributed by atoms with Gasteiger partial charge in [-0.2, -0.15) is 0 Å². The zero-order chi connectivity index (χ0) is 42.2. The number of nitrogens with two attached hydrogens (primary N) is 1. The normalized spacial score (nSPS) is 10.8. The van der Waals surface area contributed by atoms with Gasteiger partial charge < -0.3 is 5.73 Å². The van der Waals surface area contributed by atoms with E-state index in [9.17, 15) is 8.78 Å². The van der Waals surface area contributed by atoms with Crippen molar-refractivity contribution in [2.75, 3.05) is 7.05 Å². The fraction of sp³-hybridized carbons (Fsp3) is 0.750. The molecule has 1 aromatic rings. The smallest absolute Gasteiger partial charge is 0.140 e. The summed E-state index contributed by atoms with van der Waals surface area (Å²) in [5.41, 5.74) is 8.94. The van der Waals surface area contributed by atoms with Gasteiger partial charge in [0.2, 0.25) is 0 Å². The van der Waals surface area contributed by atoms with E-state index in [1.807, 2.05) is 47.6 Å². The van der Waals surface area contributed by atoms with Crippen LogP contribution in [0.2, 0.25) is 0 Å². The second-order valence-electron chi connectivity index (χ2n) is 12.6. The molecule has 4 heteroatoms. The van der Waals surface area contributed by atoms with Gasteiger partial charge in [0, 0.05) is 11.3 Å². The van der Waals surface area contributed by atoms with Crippen LogP contribution in [0.4, 0.5) is 8.78 Å². The van der Waals surface area contributed by atoms with E-state index in [4.69, 9.17) is 0 Å². The number of terminal acetylenes is 1. The zero-order valence-corrected chi connectivity index (χ0v) is 39.1. The number of thiol groups is 1. The molecule has 1 nitrogen and oxygen atoms in total. The fourth-order valence-electron chi connectivity index (χ4n) is 4.32. The SMILES string of the molecule is C#CC.CC.CC.CCC.CCC.CCCC(C)C.CCCCC/C(C)=C/C#CCCCCC(F)CC.CN.Cc1cc2c(c(F)c1S)CCCC2. The number of hydrogen-bond donors (Lipinski definition) is 2. The van der Waals surface area contributed by atoms with E-state index in [0.717, 1.165) is 55.6 Å². The van der Waals surface area contributed by atoms with Crippen molar-refractivity contribution in [1.29, 1.82) is 0 Å². The minimum absolute atomic E-state index is 0.0852. The van der Waals surface area contributed by atoms with Crippen LogP contribution in [0.25, 0.3) is 0 Å². The van der Waals surface area contributed by atoms with Gasteiger partial charge in [-0.05, 0) is 121 Å². The van der Waals surface area contributed by atoms with Gasteiger partial charge in [-0.15, -0.1) is 25.0 Å². The molecule has 1 aliphatic rings. The quantitative estimate of drug-likeness (QED) is 0.131. The molecule has 0 heterocycles. The third kappa shape index (κ3) is 52.6. The van der Waals surface area contributed by atoms with Crippen molar-refractivity contribution < 1.29 is 8.78 Å². The maximum absolute atomic E-state index is 13.7. The highest BCUT2D eigenvalue weighted by Crippen LogP contribution is 2.29. The van der Waals surface area contributed by atoms with Gasteiger partial charge in [0.25, 0.3) is 0 Å². The Bertz CT molecular complexity index is 932. The van der Waals surface area contributed by atoms with Crippen molar-refractivity contribution >= 4 is 12.6 Å². The number of aryl methyl sites for hydroxylation is 2. The van der Waals surface area contributed by atoms with Crippen molar-refractivity contribution in [3.8, 4) is 24.2 Å². The summed E-state index contributed by atoms with van der Waals surface area (Å²) in [6.07, 6.45) is 24.7. The molecule has 0 spiro atoms. The fourth-order valence-corrected chi connectivity index (χ4v) is 4.52. The highest BCUT2D eigenvalue weighted by Gasteiger charge is 2.16. The van der Waals surface area contributed by atoms with Gasteiger partial charge in [0.15, 0.2) is 0 Å². The maximum atomic E-state index is 13.7. The summed E-state index contributed by atoms with van der Waals surface area (Å²) >= 11 is 4.17. The molecule has 0 amide bonds. The molecular formula is C48H93F2NS. The predicted octanol–water partition coefficient (Wildman–Crippen LogP) is 16.7. The number of unbranched alkanes of at least 4 members (excludes halogenated alkanes) is 4. The van der Waals surface area contributed by atoms with Crippen LogP contribution >= 0.6 is 12.6 Å². The first-order valence-corrected chi connectivity index (χ1v) is 21.6. The molecule has 2 rings (SSSR count). The van der Waals surface area contributed by atoms with Crippen molar-refractivity contribution in [2.24, 2.45) is 11.7 Å². The summed E-state index contributed by atoms with van der Waals surface area (Å²) in [4.78, 5) is 0.528.